The van der Waals surface area contributed by atoms with Crippen molar-refractivity contribution in [3.8, 4) is 0 Å². The largest absolute Gasteiger partial charge is 0.322 e. The SMILES string of the molecule is CON(Cc1ccccc1)C(=O)C(N)c1ccc(C(=O)Nc2ccncc2)cc1. The van der Waals surface area contributed by atoms with Crippen molar-refractivity contribution >= 4 is 17.5 Å². The summed E-state index contributed by atoms with van der Waals surface area (Å²) in [5.74, 6) is -0.629. The third kappa shape index (κ3) is 5.25. The van der Waals surface area contributed by atoms with Gasteiger partial charge < -0.3 is 11.1 Å². The van der Waals surface area contributed by atoms with Crippen LogP contribution in [0.25, 0.3) is 0 Å². The van der Waals surface area contributed by atoms with E-state index >= 15 is 0 Å². The standard InChI is InChI=1S/C22H22N4O3/c1-29-26(15-16-5-3-2-4-6-16)22(28)20(23)17-7-9-18(10-8-17)21(27)25-19-11-13-24-14-12-19/h2-14,20H,15,23H2,1H3,(H,24,25,27). The number of amides is 2. The summed E-state index contributed by atoms with van der Waals surface area (Å²) in [6, 6.07) is 18.6. The van der Waals surface area contributed by atoms with Crippen LogP contribution in [0.3, 0.4) is 0 Å². The maximum Gasteiger partial charge on any atom is 0.267 e. The first-order valence-corrected chi connectivity index (χ1v) is 9.05. The van der Waals surface area contributed by atoms with Gasteiger partial charge in [0.2, 0.25) is 0 Å². The number of carbonyl (C=O) groups excluding carboxylic acids is 2. The summed E-state index contributed by atoms with van der Waals surface area (Å²) in [5, 5.41) is 4.01. The van der Waals surface area contributed by atoms with Gasteiger partial charge in [0, 0.05) is 23.6 Å². The molecule has 2 aromatic carbocycles. The molecule has 148 valence electrons. The number of hydrogen-bond donors (Lipinski definition) is 2. The van der Waals surface area contributed by atoms with Crippen LogP contribution in [0.5, 0.6) is 0 Å². The van der Waals surface area contributed by atoms with Crippen LogP contribution in [0.1, 0.15) is 27.5 Å². The van der Waals surface area contributed by atoms with E-state index in [1.165, 1.54) is 12.2 Å². The first-order valence-electron chi connectivity index (χ1n) is 9.05. The highest BCUT2D eigenvalue weighted by Gasteiger charge is 2.23. The van der Waals surface area contributed by atoms with Crippen molar-refractivity contribution in [2.24, 2.45) is 5.73 Å². The average Bonchev–Trinajstić information content (AvgIpc) is 2.78. The molecule has 0 aliphatic heterocycles. The van der Waals surface area contributed by atoms with Crippen molar-refractivity contribution in [1.82, 2.24) is 10.0 Å². The molecule has 1 unspecified atom stereocenters. The first-order chi connectivity index (χ1) is 14.1. The van der Waals surface area contributed by atoms with Gasteiger partial charge in [0.25, 0.3) is 11.8 Å². The third-order valence-corrected chi connectivity index (χ3v) is 4.37. The number of pyridine rings is 1. The fourth-order valence-electron chi connectivity index (χ4n) is 2.76. The summed E-state index contributed by atoms with van der Waals surface area (Å²) >= 11 is 0. The molecule has 1 atom stereocenters. The Morgan fingerprint density at radius 2 is 1.69 bits per heavy atom. The molecular formula is C22H22N4O3. The van der Waals surface area contributed by atoms with Gasteiger partial charge in [-0.15, -0.1) is 0 Å². The van der Waals surface area contributed by atoms with Crippen molar-refractivity contribution < 1.29 is 14.4 Å². The lowest BCUT2D eigenvalue weighted by Gasteiger charge is -2.23. The molecule has 3 aromatic rings. The Labute approximate surface area is 169 Å². The van der Waals surface area contributed by atoms with Crippen molar-refractivity contribution in [1.29, 1.82) is 0 Å². The van der Waals surface area contributed by atoms with Crippen LogP contribution in [-0.4, -0.2) is 29.0 Å². The highest BCUT2D eigenvalue weighted by molar-refractivity contribution is 6.04. The number of carbonyl (C=O) groups is 2. The molecule has 3 rings (SSSR count). The van der Waals surface area contributed by atoms with Gasteiger partial charge in [-0.1, -0.05) is 42.5 Å². The first kappa shape index (κ1) is 20.2. The number of hydroxylamine groups is 2. The van der Waals surface area contributed by atoms with Gasteiger partial charge in [0.05, 0.1) is 13.7 Å². The number of nitrogens with zero attached hydrogens (tertiary/aromatic N) is 2. The Morgan fingerprint density at radius 1 is 1.03 bits per heavy atom. The fraction of sp³-hybridized carbons (Fsp3) is 0.136. The predicted octanol–water partition coefficient (Wildman–Crippen LogP) is 2.92. The van der Waals surface area contributed by atoms with E-state index in [-0.39, 0.29) is 18.4 Å². The Hall–Kier alpha value is -3.55. The average molecular weight is 390 g/mol. The summed E-state index contributed by atoms with van der Waals surface area (Å²) in [5.41, 5.74) is 8.76. The van der Waals surface area contributed by atoms with E-state index in [4.69, 9.17) is 10.6 Å². The maximum atomic E-state index is 12.7. The molecular weight excluding hydrogens is 368 g/mol. The summed E-state index contributed by atoms with van der Waals surface area (Å²) < 4.78 is 0. The molecule has 29 heavy (non-hydrogen) atoms. The third-order valence-electron chi connectivity index (χ3n) is 4.37. The van der Waals surface area contributed by atoms with E-state index in [0.717, 1.165) is 5.56 Å². The summed E-state index contributed by atoms with van der Waals surface area (Å²) in [6.07, 6.45) is 3.20. The molecule has 1 aromatic heterocycles. The summed E-state index contributed by atoms with van der Waals surface area (Å²) in [6.45, 7) is 0.288. The quantitative estimate of drug-likeness (QED) is 0.605. The minimum Gasteiger partial charge on any atom is -0.322 e. The monoisotopic (exact) mass is 390 g/mol. The van der Waals surface area contributed by atoms with Gasteiger partial charge in [-0.25, -0.2) is 5.06 Å². The van der Waals surface area contributed by atoms with Gasteiger partial charge in [-0.2, -0.15) is 0 Å². The molecule has 0 bridgehead atoms. The lowest BCUT2D eigenvalue weighted by molar-refractivity contribution is -0.181. The van der Waals surface area contributed by atoms with Crippen LogP contribution in [0.15, 0.2) is 79.1 Å². The second kappa shape index (κ2) is 9.59. The molecule has 7 heteroatoms. The lowest BCUT2D eigenvalue weighted by Crippen LogP contribution is -2.37. The second-order valence-corrected chi connectivity index (χ2v) is 6.33. The van der Waals surface area contributed by atoms with Gasteiger partial charge >= 0.3 is 0 Å². The lowest BCUT2D eigenvalue weighted by atomic mass is 10.0. The van der Waals surface area contributed by atoms with Crippen LogP contribution in [0.4, 0.5) is 5.69 Å². The molecule has 0 aliphatic carbocycles. The summed E-state index contributed by atoms with van der Waals surface area (Å²) in [4.78, 5) is 34.2. The van der Waals surface area contributed by atoms with E-state index in [2.05, 4.69) is 10.3 Å². The van der Waals surface area contributed by atoms with Gasteiger partial charge in [-0.05, 0) is 35.4 Å². The van der Waals surface area contributed by atoms with E-state index in [1.54, 1.807) is 48.8 Å². The molecule has 2 amide bonds. The fourth-order valence-corrected chi connectivity index (χ4v) is 2.76. The zero-order chi connectivity index (χ0) is 20.6. The molecule has 0 aliphatic rings. The highest BCUT2D eigenvalue weighted by atomic mass is 16.7. The van der Waals surface area contributed by atoms with Gasteiger partial charge in [-0.3, -0.25) is 19.4 Å². The molecule has 0 saturated carbocycles. The number of nitrogens with one attached hydrogen (secondary N) is 1. The molecule has 1 heterocycles. The number of anilines is 1. The Kier molecular flexibility index (Phi) is 6.67. The van der Waals surface area contributed by atoms with Crippen molar-refractivity contribution in [2.75, 3.05) is 12.4 Å². The minimum absolute atomic E-state index is 0.259. The van der Waals surface area contributed by atoms with E-state index < -0.39 is 6.04 Å². The maximum absolute atomic E-state index is 12.7. The second-order valence-electron chi connectivity index (χ2n) is 6.33. The molecule has 0 fully saturated rings. The molecule has 0 radical (unpaired) electrons. The number of hydrogen-bond acceptors (Lipinski definition) is 5. The Morgan fingerprint density at radius 3 is 2.31 bits per heavy atom. The normalized spacial score (nSPS) is 11.5. The van der Waals surface area contributed by atoms with E-state index in [0.29, 0.717) is 16.8 Å². The number of nitrogens with two attached hydrogens (primary N) is 1. The number of rotatable bonds is 7. The predicted molar refractivity (Wildman–Crippen MR) is 110 cm³/mol. The molecule has 3 N–H and O–H groups in total. The van der Waals surface area contributed by atoms with Crippen LogP contribution >= 0.6 is 0 Å². The Bertz CT molecular complexity index is 947. The smallest absolute Gasteiger partial charge is 0.267 e. The van der Waals surface area contributed by atoms with Crippen molar-refractivity contribution in [3.63, 3.8) is 0 Å². The number of benzene rings is 2. The van der Waals surface area contributed by atoms with E-state index in [1.807, 2.05) is 30.3 Å². The highest BCUT2D eigenvalue weighted by Crippen LogP contribution is 2.17. The molecule has 7 nitrogen and oxygen atoms in total. The van der Waals surface area contributed by atoms with Crippen LogP contribution in [-0.2, 0) is 16.2 Å². The van der Waals surface area contributed by atoms with Crippen LogP contribution in [0.2, 0.25) is 0 Å². The molecule has 0 spiro atoms. The molecule has 0 saturated heterocycles. The topological polar surface area (TPSA) is 97.5 Å². The number of aromatic nitrogens is 1. The van der Waals surface area contributed by atoms with Gasteiger partial charge in [0.1, 0.15) is 6.04 Å². The van der Waals surface area contributed by atoms with Crippen LogP contribution < -0.4 is 11.1 Å². The van der Waals surface area contributed by atoms with Crippen molar-refractivity contribution in [3.05, 3.63) is 95.8 Å². The zero-order valence-electron chi connectivity index (χ0n) is 16.0. The van der Waals surface area contributed by atoms with Crippen LogP contribution in [0, 0.1) is 0 Å². The van der Waals surface area contributed by atoms with Crippen molar-refractivity contribution in [2.45, 2.75) is 12.6 Å². The minimum atomic E-state index is -0.907. The van der Waals surface area contributed by atoms with E-state index in [9.17, 15) is 9.59 Å². The van der Waals surface area contributed by atoms with Gasteiger partial charge in [0.15, 0.2) is 0 Å². The zero-order valence-corrected chi connectivity index (χ0v) is 16.0. The Balaban J connectivity index is 1.66. The summed E-state index contributed by atoms with van der Waals surface area (Å²) in [7, 11) is 1.43.